The van der Waals surface area contributed by atoms with E-state index < -0.39 is 20.7 Å². The molecule has 0 unspecified atom stereocenters. The Morgan fingerprint density at radius 3 is 2.42 bits per heavy atom. The minimum absolute atomic E-state index is 0.0570. The van der Waals surface area contributed by atoms with E-state index in [1.807, 2.05) is 41.3 Å². The van der Waals surface area contributed by atoms with Gasteiger partial charge in [0.05, 0.1) is 15.0 Å². The van der Waals surface area contributed by atoms with E-state index in [-0.39, 0.29) is 16.8 Å². The number of para-hydroxylation sites is 1. The van der Waals surface area contributed by atoms with E-state index in [4.69, 9.17) is 4.74 Å². The summed E-state index contributed by atoms with van der Waals surface area (Å²) >= 11 is 1.41. The van der Waals surface area contributed by atoms with Gasteiger partial charge in [0.15, 0.2) is 10.2 Å². The average molecular weight is 736 g/mol. The number of hydrogen-bond acceptors (Lipinski definition) is 10. The van der Waals surface area contributed by atoms with Crippen LogP contribution in [0.5, 0.6) is 5.88 Å². The number of fused-ring (bicyclic) bond motifs is 2. The summed E-state index contributed by atoms with van der Waals surface area (Å²) in [6.07, 6.45) is 6.00. The molecule has 5 aromatic rings. The van der Waals surface area contributed by atoms with Crippen LogP contribution in [0.4, 0.5) is 15.7 Å². The first-order chi connectivity index (χ1) is 25.1. The number of amides is 1. The maximum absolute atomic E-state index is 14.5. The number of thiazole rings is 1. The average Bonchev–Trinajstić information content (AvgIpc) is 3.53. The number of hydrogen-bond donors (Lipinski definition) is 2. The molecule has 4 saturated carbocycles. The van der Waals surface area contributed by atoms with Gasteiger partial charge in [0.25, 0.3) is 5.91 Å². The third-order valence-corrected chi connectivity index (χ3v) is 15.2. The maximum atomic E-state index is 14.5. The number of rotatable bonds is 7. The highest BCUT2D eigenvalue weighted by molar-refractivity contribution is 7.92. The van der Waals surface area contributed by atoms with Crippen molar-refractivity contribution in [2.24, 2.45) is 17.8 Å². The molecule has 1 aliphatic heterocycles. The van der Waals surface area contributed by atoms with Gasteiger partial charge in [0, 0.05) is 30.4 Å². The topological polar surface area (TPSA) is 152 Å². The summed E-state index contributed by atoms with van der Waals surface area (Å²) in [7, 11) is -3.78. The summed E-state index contributed by atoms with van der Waals surface area (Å²) in [6, 6.07) is 18.6. The Kier molecular flexibility index (Phi) is 7.85. The third kappa shape index (κ3) is 5.52. The van der Waals surface area contributed by atoms with Gasteiger partial charge in [-0.05, 0) is 128 Å². The van der Waals surface area contributed by atoms with E-state index in [9.17, 15) is 23.1 Å². The molecule has 2 N–H and O–H groups in total. The van der Waals surface area contributed by atoms with Gasteiger partial charge in [-0.2, -0.15) is 4.98 Å². The SMILES string of the molecule is Cc1c(-c2ccc(N3CCc4cccc(C(=O)Nc5nc6ccccc6s5)c4C3)nc2OC(=O)O)ccnc1S(=O)(=O)C12CC3CC(CC(C3)C1)C2. The van der Waals surface area contributed by atoms with Crippen molar-refractivity contribution in [3.8, 4) is 17.0 Å². The Morgan fingerprint density at radius 1 is 0.942 bits per heavy atom. The molecule has 0 atom stereocenters. The number of carbonyl (C=O) groups is 2. The van der Waals surface area contributed by atoms with Crippen LogP contribution in [0, 0.1) is 24.7 Å². The lowest BCUT2D eigenvalue weighted by atomic mass is 9.56. The van der Waals surface area contributed by atoms with Crippen LogP contribution in [0.15, 0.2) is 71.9 Å². The lowest BCUT2D eigenvalue weighted by Gasteiger charge is -2.55. The van der Waals surface area contributed by atoms with Gasteiger partial charge in [0.2, 0.25) is 15.7 Å². The zero-order chi connectivity index (χ0) is 35.8. The zero-order valence-electron chi connectivity index (χ0n) is 28.5. The van der Waals surface area contributed by atoms with Crippen molar-refractivity contribution in [2.75, 3.05) is 16.8 Å². The van der Waals surface area contributed by atoms with Crippen LogP contribution < -0.4 is 15.0 Å². The molecule has 0 spiro atoms. The van der Waals surface area contributed by atoms with Crippen LogP contribution in [-0.2, 0) is 22.8 Å². The standard InChI is InChI=1S/C39H37N5O6S2/c1-22-27(11-13-40-36(22)52(48,49)39-18-23-15-24(19-39)17-25(16-23)20-39)29-9-10-33(42-35(29)50-38(46)47)44-14-12-26-5-4-6-28(30(26)21-44)34(45)43-37-41-31-7-2-3-8-32(31)51-37/h2-11,13,23-25H,12,14-21H2,1H3,(H,46,47)(H,41,43,45). The molecule has 11 nitrogen and oxygen atoms in total. The second kappa shape index (κ2) is 12.4. The second-order valence-electron chi connectivity index (χ2n) is 14.8. The largest absolute Gasteiger partial charge is 0.512 e. The Hall–Kier alpha value is -4.88. The summed E-state index contributed by atoms with van der Waals surface area (Å²) in [5.74, 6) is 1.40. The number of carboxylic acid groups (broad SMARTS) is 1. The number of nitrogens with zero attached hydrogens (tertiary/aromatic N) is 4. The number of carbonyl (C=O) groups excluding carboxylic acids is 1. The minimum atomic E-state index is -3.78. The third-order valence-electron chi connectivity index (χ3n) is 11.6. The number of benzene rings is 2. The molecular weight excluding hydrogens is 699 g/mol. The lowest BCUT2D eigenvalue weighted by molar-refractivity contribution is 0.0337. The molecule has 0 radical (unpaired) electrons. The van der Waals surface area contributed by atoms with Crippen molar-refractivity contribution in [3.05, 3.63) is 89.1 Å². The molecule has 1 amide bonds. The van der Waals surface area contributed by atoms with Crippen molar-refractivity contribution in [3.63, 3.8) is 0 Å². The highest BCUT2D eigenvalue weighted by Gasteiger charge is 2.58. The first-order valence-corrected chi connectivity index (χ1v) is 20.0. The van der Waals surface area contributed by atoms with E-state index in [0.717, 1.165) is 40.6 Å². The van der Waals surface area contributed by atoms with E-state index in [1.165, 1.54) is 17.5 Å². The van der Waals surface area contributed by atoms with E-state index >= 15 is 0 Å². The van der Waals surface area contributed by atoms with E-state index in [0.29, 0.717) is 89.7 Å². The predicted molar refractivity (Wildman–Crippen MR) is 198 cm³/mol. The van der Waals surface area contributed by atoms with Crippen LogP contribution in [0.2, 0.25) is 0 Å². The molecular formula is C39H37N5O6S2. The highest BCUT2D eigenvalue weighted by atomic mass is 32.2. The number of ether oxygens (including phenoxy) is 1. The molecule has 4 aliphatic carbocycles. The first-order valence-electron chi connectivity index (χ1n) is 17.7. The van der Waals surface area contributed by atoms with Gasteiger partial charge in [-0.1, -0.05) is 35.6 Å². The summed E-state index contributed by atoms with van der Waals surface area (Å²) in [5.41, 5.74) is 4.57. The summed E-state index contributed by atoms with van der Waals surface area (Å²) in [5, 5.41) is 13.3. The van der Waals surface area contributed by atoms with Gasteiger partial charge in [0.1, 0.15) is 5.82 Å². The number of aromatic nitrogens is 3. The smallest absolute Gasteiger partial charge is 0.449 e. The fourth-order valence-electron chi connectivity index (χ4n) is 9.70. The van der Waals surface area contributed by atoms with Crippen molar-refractivity contribution in [2.45, 2.75) is 68.2 Å². The quantitative estimate of drug-likeness (QED) is 0.159. The zero-order valence-corrected chi connectivity index (χ0v) is 30.2. The number of sulfone groups is 1. The summed E-state index contributed by atoms with van der Waals surface area (Å²) < 4.78 is 34.4. The summed E-state index contributed by atoms with van der Waals surface area (Å²) in [4.78, 5) is 41.2. The van der Waals surface area contributed by atoms with Gasteiger partial charge < -0.3 is 14.7 Å². The molecule has 2 aromatic carbocycles. The van der Waals surface area contributed by atoms with Crippen LogP contribution in [0.1, 0.15) is 65.6 Å². The molecule has 5 aliphatic rings. The Labute approximate surface area is 305 Å². The summed E-state index contributed by atoms with van der Waals surface area (Å²) in [6.45, 7) is 2.67. The second-order valence-corrected chi connectivity index (χ2v) is 18.1. The van der Waals surface area contributed by atoms with Crippen LogP contribution in [-0.4, -0.2) is 51.8 Å². The molecule has 4 heterocycles. The number of anilines is 2. The Morgan fingerprint density at radius 2 is 1.69 bits per heavy atom. The van der Waals surface area contributed by atoms with Crippen LogP contribution in [0.3, 0.4) is 0 Å². The van der Waals surface area contributed by atoms with Crippen LogP contribution >= 0.6 is 11.3 Å². The van der Waals surface area contributed by atoms with Crippen molar-refractivity contribution in [1.29, 1.82) is 0 Å². The predicted octanol–water partition coefficient (Wildman–Crippen LogP) is 7.68. The Bertz CT molecular complexity index is 2320. The first kappa shape index (κ1) is 33.0. The monoisotopic (exact) mass is 735 g/mol. The van der Waals surface area contributed by atoms with Gasteiger partial charge in [-0.25, -0.2) is 23.2 Å². The number of pyridine rings is 2. The molecule has 266 valence electrons. The molecule has 13 heteroatoms. The highest BCUT2D eigenvalue weighted by Crippen LogP contribution is 2.60. The van der Waals surface area contributed by atoms with Crippen LogP contribution in [0.25, 0.3) is 21.3 Å². The fraction of sp³-hybridized carbons (Fsp3) is 0.359. The van der Waals surface area contributed by atoms with Crippen molar-refractivity contribution < 1.29 is 27.9 Å². The number of nitrogens with one attached hydrogen (secondary N) is 1. The molecule has 0 saturated heterocycles. The molecule has 52 heavy (non-hydrogen) atoms. The molecule has 4 fully saturated rings. The van der Waals surface area contributed by atoms with Gasteiger partial charge >= 0.3 is 6.16 Å². The maximum Gasteiger partial charge on any atom is 0.512 e. The van der Waals surface area contributed by atoms with Gasteiger partial charge in [-0.3, -0.25) is 10.1 Å². The Balaban J connectivity index is 1.02. The van der Waals surface area contributed by atoms with E-state index in [1.54, 1.807) is 31.2 Å². The van der Waals surface area contributed by atoms with Gasteiger partial charge in [-0.15, -0.1) is 0 Å². The normalized spacial score (nSPS) is 23.4. The van der Waals surface area contributed by atoms with Crippen molar-refractivity contribution in [1.82, 2.24) is 15.0 Å². The molecule has 3 aromatic heterocycles. The molecule has 4 bridgehead atoms. The lowest BCUT2D eigenvalue weighted by Crippen LogP contribution is -2.54. The molecule has 10 rings (SSSR count). The van der Waals surface area contributed by atoms with Crippen molar-refractivity contribution >= 4 is 54.4 Å². The van der Waals surface area contributed by atoms with E-state index in [2.05, 4.69) is 20.3 Å². The minimum Gasteiger partial charge on any atom is -0.449 e. The fourth-order valence-corrected chi connectivity index (χ4v) is 13.0.